The quantitative estimate of drug-likeness (QED) is 0.610. The van der Waals surface area contributed by atoms with E-state index >= 15 is 0 Å². The van der Waals surface area contributed by atoms with Crippen molar-refractivity contribution in [2.45, 2.75) is 20.4 Å². The zero-order chi connectivity index (χ0) is 21.0. The third kappa shape index (κ3) is 4.21. The lowest BCUT2D eigenvalue weighted by atomic mass is 10.1. The van der Waals surface area contributed by atoms with Gasteiger partial charge in [0, 0.05) is 13.1 Å². The van der Waals surface area contributed by atoms with Crippen LogP contribution in [0.2, 0.25) is 0 Å². The van der Waals surface area contributed by atoms with E-state index in [1.807, 2.05) is 25.1 Å². The molecule has 0 unspecified atom stereocenters. The molecule has 0 aliphatic rings. The number of amides is 1. The highest BCUT2D eigenvalue weighted by Crippen LogP contribution is 2.28. The van der Waals surface area contributed by atoms with Gasteiger partial charge in [0.05, 0.1) is 25.6 Å². The van der Waals surface area contributed by atoms with E-state index in [1.165, 1.54) is 16.8 Å². The molecule has 0 saturated heterocycles. The highest BCUT2D eigenvalue weighted by Gasteiger charge is 2.22. The zero-order valence-corrected chi connectivity index (χ0v) is 16.8. The van der Waals surface area contributed by atoms with Crippen LogP contribution in [0.15, 0.2) is 42.5 Å². The number of aromatic nitrogens is 3. The van der Waals surface area contributed by atoms with Crippen LogP contribution in [0.1, 0.15) is 28.7 Å². The monoisotopic (exact) mass is 398 g/mol. The van der Waals surface area contributed by atoms with Gasteiger partial charge in [-0.05, 0) is 55.8 Å². The molecule has 2 aromatic carbocycles. The Hall–Kier alpha value is -3.42. The lowest BCUT2D eigenvalue weighted by Crippen LogP contribution is -2.31. The molecule has 0 atom stereocenters. The first-order valence-electron chi connectivity index (χ1n) is 9.16. The third-order valence-electron chi connectivity index (χ3n) is 4.66. The van der Waals surface area contributed by atoms with E-state index in [0.29, 0.717) is 36.0 Å². The summed E-state index contributed by atoms with van der Waals surface area (Å²) in [5, 5.41) is 8.14. The molecule has 0 N–H and O–H groups in total. The molecule has 3 aromatic rings. The van der Waals surface area contributed by atoms with Crippen LogP contribution in [-0.4, -0.2) is 46.6 Å². The smallest absolute Gasteiger partial charge is 0.276 e. The van der Waals surface area contributed by atoms with Crippen LogP contribution in [0.25, 0.3) is 5.69 Å². The average molecular weight is 398 g/mol. The second-order valence-electron chi connectivity index (χ2n) is 6.42. The summed E-state index contributed by atoms with van der Waals surface area (Å²) in [6, 6.07) is 11.4. The Labute approximate surface area is 168 Å². The Morgan fingerprint density at radius 1 is 1.10 bits per heavy atom. The molecule has 0 fully saturated rings. The number of rotatable bonds is 7. The van der Waals surface area contributed by atoms with E-state index < -0.39 is 0 Å². The first-order chi connectivity index (χ1) is 14.0. The van der Waals surface area contributed by atoms with Crippen molar-refractivity contribution in [1.29, 1.82) is 0 Å². The predicted molar refractivity (Wildman–Crippen MR) is 106 cm³/mol. The number of ether oxygens (including phenoxy) is 2. The van der Waals surface area contributed by atoms with Gasteiger partial charge in [-0.25, -0.2) is 9.07 Å². The maximum Gasteiger partial charge on any atom is 0.276 e. The van der Waals surface area contributed by atoms with Crippen LogP contribution in [0, 0.1) is 12.7 Å². The standard InChI is InChI=1S/C21H23FN4O3/c1-5-25(13-15-6-11-18(28-3)19(12-15)29-4)21(27)20-14(2)26(24-23-20)17-9-7-16(22)8-10-17/h6-12H,5,13H2,1-4H3. The Kier molecular flexibility index (Phi) is 6.11. The number of carbonyl (C=O) groups is 1. The van der Waals surface area contributed by atoms with Crippen LogP contribution in [-0.2, 0) is 6.54 Å². The van der Waals surface area contributed by atoms with Gasteiger partial charge >= 0.3 is 0 Å². The Balaban J connectivity index is 1.84. The predicted octanol–water partition coefficient (Wildman–Crippen LogP) is 3.39. The second-order valence-corrected chi connectivity index (χ2v) is 6.42. The molecule has 0 aliphatic carbocycles. The highest BCUT2D eigenvalue weighted by molar-refractivity contribution is 5.93. The van der Waals surface area contributed by atoms with E-state index in [9.17, 15) is 9.18 Å². The van der Waals surface area contributed by atoms with Crippen molar-refractivity contribution in [3.8, 4) is 17.2 Å². The van der Waals surface area contributed by atoms with Crippen LogP contribution in [0.3, 0.4) is 0 Å². The van der Waals surface area contributed by atoms with Crippen molar-refractivity contribution in [2.75, 3.05) is 20.8 Å². The fourth-order valence-corrected chi connectivity index (χ4v) is 3.03. The molecule has 0 spiro atoms. The number of hydrogen-bond donors (Lipinski definition) is 0. The molecule has 8 heteroatoms. The van der Waals surface area contributed by atoms with Gasteiger partial charge in [0.2, 0.25) is 0 Å². The summed E-state index contributed by atoms with van der Waals surface area (Å²) in [4.78, 5) is 14.7. The van der Waals surface area contributed by atoms with Gasteiger partial charge in [0.25, 0.3) is 5.91 Å². The summed E-state index contributed by atoms with van der Waals surface area (Å²) >= 11 is 0. The normalized spacial score (nSPS) is 10.7. The molecule has 0 aliphatic heterocycles. The van der Waals surface area contributed by atoms with Crippen molar-refractivity contribution in [3.05, 3.63) is 65.2 Å². The van der Waals surface area contributed by atoms with Crippen molar-refractivity contribution in [2.24, 2.45) is 0 Å². The third-order valence-corrected chi connectivity index (χ3v) is 4.66. The Morgan fingerprint density at radius 2 is 1.79 bits per heavy atom. The van der Waals surface area contributed by atoms with Crippen LogP contribution >= 0.6 is 0 Å². The molecule has 7 nitrogen and oxygen atoms in total. The molecule has 0 bridgehead atoms. The van der Waals surface area contributed by atoms with Crippen molar-refractivity contribution < 1.29 is 18.7 Å². The van der Waals surface area contributed by atoms with Gasteiger partial charge in [-0.2, -0.15) is 0 Å². The molecule has 1 aromatic heterocycles. The first-order valence-corrected chi connectivity index (χ1v) is 9.16. The molecule has 29 heavy (non-hydrogen) atoms. The van der Waals surface area contributed by atoms with Crippen molar-refractivity contribution in [3.63, 3.8) is 0 Å². The average Bonchev–Trinajstić information content (AvgIpc) is 3.13. The minimum atomic E-state index is -0.338. The van der Waals surface area contributed by atoms with Gasteiger partial charge in [-0.3, -0.25) is 4.79 Å². The molecule has 0 saturated carbocycles. The fourth-order valence-electron chi connectivity index (χ4n) is 3.03. The highest BCUT2D eigenvalue weighted by atomic mass is 19.1. The summed E-state index contributed by atoms with van der Waals surface area (Å²) in [5.74, 6) is 0.665. The largest absolute Gasteiger partial charge is 0.493 e. The maximum atomic E-state index is 13.2. The van der Waals surface area contributed by atoms with Gasteiger partial charge < -0.3 is 14.4 Å². The number of halogens is 1. The molecule has 0 radical (unpaired) electrons. The minimum absolute atomic E-state index is 0.229. The van der Waals surface area contributed by atoms with Crippen molar-refractivity contribution >= 4 is 5.91 Å². The second kappa shape index (κ2) is 8.72. The van der Waals surface area contributed by atoms with E-state index in [2.05, 4.69) is 10.3 Å². The number of hydrogen-bond acceptors (Lipinski definition) is 5. The summed E-state index contributed by atoms with van der Waals surface area (Å²) < 4.78 is 25.3. The summed E-state index contributed by atoms with van der Waals surface area (Å²) in [5.41, 5.74) is 2.39. The van der Waals surface area contributed by atoms with Gasteiger partial charge in [0.1, 0.15) is 5.82 Å². The number of methoxy groups -OCH3 is 2. The Bertz CT molecular complexity index is 1000. The van der Waals surface area contributed by atoms with E-state index in [4.69, 9.17) is 9.47 Å². The van der Waals surface area contributed by atoms with Gasteiger partial charge in [0.15, 0.2) is 17.2 Å². The zero-order valence-electron chi connectivity index (χ0n) is 16.8. The van der Waals surface area contributed by atoms with Gasteiger partial charge in [-0.15, -0.1) is 5.10 Å². The summed E-state index contributed by atoms with van der Waals surface area (Å²) in [6.07, 6.45) is 0. The maximum absolute atomic E-state index is 13.2. The molecular weight excluding hydrogens is 375 g/mol. The van der Waals surface area contributed by atoms with E-state index in [0.717, 1.165) is 5.56 Å². The van der Waals surface area contributed by atoms with E-state index in [1.54, 1.807) is 38.2 Å². The minimum Gasteiger partial charge on any atom is -0.493 e. The van der Waals surface area contributed by atoms with E-state index in [-0.39, 0.29) is 17.4 Å². The summed E-state index contributed by atoms with van der Waals surface area (Å²) in [6.45, 7) is 4.55. The molecular formula is C21H23FN4O3. The Morgan fingerprint density at radius 3 is 2.41 bits per heavy atom. The lowest BCUT2D eigenvalue weighted by Gasteiger charge is -2.21. The van der Waals surface area contributed by atoms with Gasteiger partial charge in [-0.1, -0.05) is 11.3 Å². The lowest BCUT2D eigenvalue weighted by molar-refractivity contribution is 0.0745. The number of carbonyl (C=O) groups excluding carboxylic acids is 1. The first kappa shape index (κ1) is 20.3. The number of benzene rings is 2. The molecule has 1 heterocycles. The van der Waals surface area contributed by atoms with Crippen LogP contribution in [0.5, 0.6) is 11.5 Å². The topological polar surface area (TPSA) is 69.5 Å². The molecule has 152 valence electrons. The van der Waals surface area contributed by atoms with Crippen LogP contribution in [0.4, 0.5) is 4.39 Å². The fraction of sp³-hybridized carbons (Fsp3) is 0.286. The number of nitrogens with zero attached hydrogens (tertiary/aromatic N) is 4. The molecule has 3 rings (SSSR count). The van der Waals surface area contributed by atoms with Crippen LogP contribution < -0.4 is 9.47 Å². The molecule has 1 amide bonds. The van der Waals surface area contributed by atoms with Crippen molar-refractivity contribution in [1.82, 2.24) is 19.9 Å². The SMILES string of the molecule is CCN(Cc1ccc(OC)c(OC)c1)C(=O)c1nnn(-c2ccc(F)cc2)c1C. The summed E-state index contributed by atoms with van der Waals surface area (Å²) in [7, 11) is 3.15.